The maximum Gasteiger partial charge on any atom is 0.243 e. The lowest BCUT2D eigenvalue weighted by Crippen LogP contribution is -2.26. The van der Waals surface area contributed by atoms with Crippen molar-refractivity contribution in [1.82, 2.24) is 4.31 Å². The van der Waals surface area contributed by atoms with E-state index in [1.165, 1.54) is 16.4 Å². The van der Waals surface area contributed by atoms with E-state index in [-0.39, 0.29) is 17.2 Å². The number of phenolic OH excluding ortho intramolecular Hbond substituents is 1. The van der Waals surface area contributed by atoms with Crippen LogP contribution in [0.15, 0.2) is 87.9 Å². The van der Waals surface area contributed by atoms with Gasteiger partial charge in [0.1, 0.15) is 11.4 Å². The molecule has 0 heterocycles. The number of nitrogens with zero attached hydrogens (tertiary/aromatic N) is 3. The fourth-order valence-electron chi connectivity index (χ4n) is 2.62. The Bertz CT molecular complexity index is 1080. The molecule has 6 nitrogen and oxygen atoms in total. The Morgan fingerprint density at radius 3 is 2.29 bits per heavy atom. The number of phenols is 1. The van der Waals surface area contributed by atoms with Crippen LogP contribution in [-0.4, -0.2) is 24.9 Å². The molecule has 0 amide bonds. The lowest BCUT2D eigenvalue weighted by atomic mass is 10.2. The van der Waals surface area contributed by atoms with E-state index < -0.39 is 10.0 Å². The third-order valence-corrected chi connectivity index (χ3v) is 6.01. The maximum absolute atomic E-state index is 12.7. The fraction of sp³-hybridized carbons (Fsp3) is 0.143. The van der Waals surface area contributed by atoms with Gasteiger partial charge in [-0.2, -0.15) is 9.42 Å². The molecule has 144 valence electrons. The average molecular weight is 395 g/mol. The number of sulfonamides is 1. The lowest BCUT2D eigenvalue weighted by Gasteiger charge is -2.17. The molecule has 0 saturated carbocycles. The van der Waals surface area contributed by atoms with Crippen LogP contribution >= 0.6 is 0 Å². The maximum atomic E-state index is 12.7. The van der Waals surface area contributed by atoms with Gasteiger partial charge < -0.3 is 5.11 Å². The Balaban J connectivity index is 1.76. The molecule has 0 aromatic heterocycles. The van der Waals surface area contributed by atoms with Crippen LogP contribution < -0.4 is 0 Å². The molecule has 1 N–H and O–H groups in total. The summed E-state index contributed by atoms with van der Waals surface area (Å²) in [6, 6.07) is 20.6. The van der Waals surface area contributed by atoms with E-state index in [1.54, 1.807) is 37.4 Å². The zero-order valence-corrected chi connectivity index (χ0v) is 16.5. The summed E-state index contributed by atoms with van der Waals surface area (Å²) in [5.74, 6) is 0.0380. The van der Waals surface area contributed by atoms with Gasteiger partial charge >= 0.3 is 0 Å². The van der Waals surface area contributed by atoms with E-state index in [1.807, 2.05) is 37.3 Å². The van der Waals surface area contributed by atoms with Crippen LogP contribution in [0.25, 0.3) is 0 Å². The second kappa shape index (κ2) is 8.33. The van der Waals surface area contributed by atoms with Crippen molar-refractivity contribution < 1.29 is 13.5 Å². The second-order valence-electron chi connectivity index (χ2n) is 6.43. The first kappa shape index (κ1) is 19.7. The highest BCUT2D eigenvalue weighted by Crippen LogP contribution is 2.29. The minimum absolute atomic E-state index is 0.0380. The van der Waals surface area contributed by atoms with E-state index in [4.69, 9.17) is 0 Å². The number of aromatic hydroxyl groups is 1. The Morgan fingerprint density at radius 1 is 0.929 bits per heavy atom. The molecule has 0 spiro atoms. The van der Waals surface area contributed by atoms with E-state index in [0.717, 1.165) is 11.1 Å². The zero-order valence-electron chi connectivity index (χ0n) is 15.6. The fourth-order valence-corrected chi connectivity index (χ4v) is 3.77. The smallest absolute Gasteiger partial charge is 0.243 e. The molecule has 0 saturated heterocycles. The Kier molecular flexibility index (Phi) is 5.87. The lowest BCUT2D eigenvalue weighted by molar-refractivity contribution is 0.466. The summed E-state index contributed by atoms with van der Waals surface area (Å²) in [6.07, 6.45) is 0. The van der Waals surface area contributed by atoms with Gasteiger partial charge in [-0.15, -0.1) is 5.11 Å². The van der Waals surface area contributed by atoms with Gasteiger partial charge in [0, 0.05) is 13.6 Å². The monoisotopic (exact) mass is 395 g/mol. The first-order valence-electron chi connectivity index (χ1n) is 8.68. The summed E-state index contributed by atoms with van der Waals surface area (Å²) >= 11 is 0. The van der Waals surface area contributed by atoms with Gasteiger partial charge in [0.25, 0.3) is 0 Å². The Hall–Kier alpha value is -3.03. The highest BCUT2D eigenvalue weighted by Gasteiger charge is 2.20. The van der Waals surface area contributed by atoms with E-state index in [2.05, 4.69) is 10.2 Å². The Labute approximate surface area is 164 Å². The SMILES string of the molecule is Cc1ccc(O)c(N=Nc2ccc(S(=O)(=O)N(C)Cc3ccccc3)cc2)c1. The van der Waals surface area contributed by atoms with Gasteiger partial charge in [-0.1, -0.05) is 36.4 Å². The molecule has 0 aliphatic carbocycles. The van der Waals surface area contributed by atoms with E-state index in [0.29, 0.717) is 11.4 Å². The van der Waals surface area contributed by atoms with Gasteiger partial charge in [-0.05, 0) is 54.4 Å². The molecular formula is C21H21N3O3S. The van der Waals surface area contributed by atoms with Crippen LogP contribution in [-0.2, 0) is 16.6 Å². The molecule has 0 radical (unpaired) electrons. The zero-order chi connectivity index (χ0) is 20.1. The molecule has 3 aromatic rings. The number of azo groups is 1. The van der Waals surface area contributed by atoms with Crippen LogP contribution in [0, 0.1) is 6.92 Å². The predicted molar refractivity (Wildman–Crippen MR) is 109 cm³/mol. The standard InChI is InChI=1S/C21H21N3O3S/c1-16-8-13-21(25)20(14-16)23-22-18-9-11-19(12-10-18)28(26,27)24(2)15-17-6-4-3-5-7-17/h3-14,25H,15H2,1-2H3. The van der Waals surface area contributed by atoms with Gasteiger partial charge in [-0.25, -0.2) is 8.42 Å². The van der Waals surface area contributed by atoms with Crippen molar-refractivity contribution in [2.75, 3.05) is 7.05 Å². The topological polar surface area (TPSA) is 82.3 Å². The number of rotatable bonds is 6. The molecule has 0 aliphatic rings. The van der Waals surface area contributed by atoms with Crippen molar-refractivity contribution in [3.8, 4) is 5.75 Å². The molecule has 0 fully saturated rings. The highest BCUT2D eigenvalue weighted by molar-refractivity contribution is 7.89. The van der Waals surface area contributed by atoms with Crippen LogP contribution in [0.5, 0.6) is 5.75 Å². The number of hydrogen-bond acceptors (Lipinski definition) is 5. The van der Waals surface area contributed by atoms with Gasteiger partial charge in [-0.3, -0.25) is 0 Å². The third-order valence-electron chi connectivity index (χ3n) is 4.20. The summed E-state index contributed by atoms with van der Waals surface area (Å²) in [6.45, 7) is 2.18. The van der Waals surface area contributed by atoms with E-state index >= 15 is 0 Å². The summed E-state index contributed by atoms with van der Waals surface area (Å²) in [5.41, 5.74) is 2.72. The summed E-state index contributed by atoms with van der Waals surface area (Å²) in [7, 11) is -2.06. The molecule has 0 aliphatic heterocycles. The van der Waals surface area contributed by atoms with Crippen molar-refractivity contribution in [2.45, 2.75) is 18.4 Å². The number of hydrogen-bond donors (Lipinski definition) is 1. The summed E-state index contributed by atoms with van der Waals surface area (Å²) in [5, 5.41) is 17.9. The highest BCUT2D eigenvalue weighted by atomic mass is 32.2. The van der Waals surface area contributed by atoms with E-state index in [9.17, 15) is 13.5 Å². The first-order chi connectivity index (χ1) is 13.4. The molecule has 7 heteroatoms. The normalized spacial score (nSPS) is 12.0. The van der Waals surface area contributed by atoms with Crippen LogP contribution in [0.1, 0.15) is 11.1 Å². The summed E-state index contributed by atoms with van der Waals surface area (Å²) in [4.78, 5) is 0.184. The van der Waals surface area contributed by atoms with Crippen molar-refractivity contribution in [1.29, 1.82) is 0 Å². The number of aryl methyl sites for hydroxylation is 1. The predicted octanol–water partition coefficient (Wildman–Crippen LogP) is 4.94. The van der Waals surface area contributed by atoms with Crippen LogP contribution in [0.2, 0.25) is 0 Å². The summed E-state index contributed by atoms with van der Waals surface area (Å²) < 4.78 is 26.8. The molecule has 3 aromatic carbocycles. The number of benzene rings is 3. The molecule has 0 bridgehead atoms. The second-order valence-corrected chi connectivity index (χ2v) is 8.48. The minimum atomic E-state index is -3.61. The molecule has 0 unspecified atom stereocenters. The molecule has 28 heavy (non-hydrogen) atoms. The van der Waals surface area contributed by atoms with Crippen LogP contribution in [0.4, 0.5) is 11.4 Å². The van der Waals surface area contributed by atoms with Crippen molar-refractivity contribution >= 4 is 21.4 Å². The van der Waals surface area contributed by atoms with Crippen molar-refractivity contribution in [2.24, 2.45) is 10.2 Å². The Morgan fingerprint density at radius 2 is 1.61 bits per heavy atom. The van der Waals surface area contributed by atoms with Crippen molar-refractivity contribution in [3.63, 3.8) is 0 Å². The quantitative estimate of drug-likeness (QED) is 0.600. The minimum Gasteiger partial charge on any atom is -0.506 e. The average Bonchev–Trinajstić information content (AvgIpc) is 2.69. The molecule has 3 rings (SSSR count). The largest absolute Gasteiger partial charge is 0.506 e. The molecule has 0 atom stereocenters. The van der Waals surface area contributed by atoms with Crippen LogP contribution in [0.3, 0.4) is 0 Å². The molecular weight excluding hydrogens is 374 g/mol. The van der Waals surface area contributed by atoms with Gasteiger partial charge in [0.05, 0.1) is 10.6 Å². The van der Waals surface area contributed by atoms with Gasteiger partial charge in [0.2, 0.25) is 10.0 Å². The van der Waals surface area contributed by atoms with Crippen molar-refractivity contribution in [3.05, 3.63) is 83.9 Å². The van der Waals surface area contributed by atoms with Gasteiger partial charge in [0.15, 0.2) is 0 Å². The first-order valence-corrected chi connectivity index (χ1v) is 10.1. The third kappa shape index (κ3) is 4.62.